The Hall–Kier alpha value is -2.10. The number of fused-ring (bicyclic) bond motifs is 1. The van der Waals surface area contributed by atoms with Gasteiger partial charge in [-0.15, -0.1) is 0 Å². The number of rotatable bonds is 3. The average Bonchev–Trinajstić information content (AvgIpc) is 2.51. The molecule has 0 spiro atoms. The lowest BCUT2D eigenvalue weighted by Gasteiger charge is -2.14. The van der Waals surface area contributed by atoms with Crippen LogP contribution >= 0.6 is 11.6 Å². The number of pyridine rings is 1. The van der Waals surface area contributed by atoms with Crippen molar-refractivity contribution in [2.75, 3.05) is 0 Å². The van der Waals surface area contributed by atoms with Gasteiger partial charge in [0.05, 0.1) is 0 Å². The first-order valence-electron chi connectivity index (χ1n) is 6.72. The quantitative estimate of drug-likeness (QED) is 0.762. The molecule has 0 aliphatic rings. The third-order valence-electron chi connectivity index (χ3n) is 3.33. The van der Waals surface area contributed by atoms with Crippen LogP contribution in [0.15, 0.2) is 54.7 Å². The molecule has 3 nitrogen and oxygen atoms in total. The van der Waals surface area contributed by atoms with E-state index in [9.17, 15) is 0 Å². The normalized spacial score (nSPS) is 12.3. The molecule has 0 aliphatic carbocycles. The molecule has 1 heterocycles. The van der Waals surface area contributed by atoms with Gasteiger partial charge in [0.15, 0.2) is 0 Å². The van der Waals surface area contributed by atoms with E-state index in [0.717, 1.165) is 22.1 Å². The number of ether oxygens (including phenoxy) is 1. The van der Waals surface area contributed by atoms with Gasteiger partial charge in [0.1, 0.15) is 5.75 Å². The summed E-state index contributed by atoms with van der Waals surface area (Å²) in [6.45, 7) is 1.91. The molecule has 0 saturated heterocycles. The predicted octanol–water partition coefficient (Wildman–Crippen LogP) is 4.70. The van der Waals surface area contributed by atoms with Crippen LogP contribution < -0.4 is 10.5 Å². The van der Waals surface area contributed by atoms with E-state index in [4.69, 9.17) is 22.1 Å². The van der Waals surface area contributed by atoms with E-state index >= 15 is 0 Å². The molecular formula is C17H15ClN2O. The Labute approximate surface area is 128 Å². The molecule has 0 bridgehead atoms. The van der Waals surface area contributed by atoms with Crippen molar-refractivity contribution in [3.05, 3.63) is 65.3 Å². The summed E-state index contributed by atoms with van der Waals surface area (Å²) in [6.07, 6.45) is 1.69. The van der Waals surface area contributed by atoms with Gasteiger partial charge in [0.25, 0.3) is 0 Å². The standard InChI is InChI=1S/C17H15ClN2O/c1-11(19)12-7-4-10-20-17(12)21-16-9-8-15(18)13-5-2-3-6-14(13)16/h2-11H,19H2,1H3/t11-/m1/s1. The van der Waals surface area contributed by atoms with E-state index in [1.807, 2.05) is 55.5 Å². The van der Waals surface area contributed by atoms with E-state index in [1.165, 1.54) is 0 Å². The lowest BCUT2D eigenvalue weighted by molar-refractivity contribution is 0.457. The molecule has 1 aromatic heterocycles. The van der Waals surface area contributed by atoms with E-state index in [0.29, 0.717) is 10.9 Å². The lowest BCUT2D eigenvalue weighted by atomic mass is 10.1. The molecule has 1 atom stereocenters. The van der Waals surface area contributed by atoms with Crippen molar-refractivity contribution in [3.8, 4) is 11.6 Å². The van der Waals surface area contributed by atoms with Gasteiger partial charge in [-0.05, 0) is 25.1 Å². The summed E-state index contributed by atoms with van der Waals surface area (Å²) in [6, 6.07) is 15.2. The summed E-state index contributed by atoms with van der Waals surface area (Å²) in [4.78, 5) is 4.29. The first-order chi connectivity index (χ1) is 10.2. The smallest absolute Gasteiger partial charge is 0.224 e. The van der Waals surface area contributed by atoms with Crippen LogP contribution in [0.3, 0.4) is 0 Å². The van der Waals surface area contributed by atoms with Crippen LogP contribution in [0.4, 0.5) is 0 Å². The summed E-state index contributed by atoms with van der Waals surface area (Å²) in [5.74, 6) is 1.25. The number of benzene rings is 2. The van der Waals surface area contributed by atoms with Crippen LogP contribution in [0, 0.1) is 0 Å². The monoisotopic (exact) mass is 298 g/mol. The van der Waals surface area contributed by atoms with E-state index in [2.05, 4.69) is 4.98 Å². The molecule has 4 heteroatoms. The number of hydrogen-bond donors (Lipinski definition) is 1. The topological polar surface area (TPSA) is 48.1 Å². The second-order valence-corrected chi connectivity index (χ2v) is 5.29. The predicted molar refractivity (Wildman–Crippen MR) is 85.9 cm³/mol. The molecule has 0 fully saturated rings. The van der Waals surface area contributed by atoms with E-state index in [1.54, 1.807) is 6.20 Å². The molecule has 3 rings (SSSR count). The van der Waals surface area contributed by atoms with Crippen molar-refractivity contribution in [2.45, 2.75) is 13.0 Å². The van der Waals surface area contributed by atoms with Gasteiger partial charge >= 0.3 is 0 Å². The Morgan fingerprint density at radius 1 is 1.05 bits per heavy atom. The molecule has 0 radical (unpaired) electrons. The Morgan fingerprint density at radius 2 is 1.81 bits per heavy atom. The minimum absolute atomic E-state index is 0.146. The molecule has 2 N–H and O–H groups in total. The highest BCUT2D eigenvalue weighted by Crippen LogP contribution is 2.35. The van der Waals surface area contributed by atoms with Crippen LogP contribution in [-0.4, -0.2) is 4.98 Å². The van der Waals surface area contributed by atoms with Crippen LogP contribution in [-0.2, 0) is 0 Å². The zero-order chi connectivity index (χ0) is 14.8. The number of halogens is 1. The first kappa shape index (κ1) is 13.9. The van der Waals surface area contributed by atoms with E-state index in [-0.39, 0.29) is 6.04 Å². The van der Waals surface area contributed by atoms with Crippen LogP contribution in [0.1, 0.15) is 18.5 Å². The molecule has 106 valence electrons. The van der Waals surface area contributed by atoms with Gasteiger partial charge in [0.2, 0.25) is 5.88 Å². The molecule has 0 aliphatic heterocycles. The maximum absolute atomic E-state index is 6.22. The fraction of sp³-hybridized carbons (Fsp3) is 0.118. The number of aromatic nitrogens is 1. The average molecular weight is 299 g/mol. The molecule has 0 unspecified atom stereocenters. The number of hydrogen-bond acceptors (Lipinski definition) is 3. The molecule has 2 aromatic carbocycles. The second kappa shape index (κ2) is 5.72. The zero-order valence-electron chi connectivity index (χ0n) is 11.6. The highest BCUT2D eigenvalue weighted by Gasteiger charge is 2.12. The fourth-order valence-corrected chi connectivity index (χ4v) is 2.49. The maximum Gasteiger partial charge on any atom is 0.224 e. The van der Waals surface area contributed by atoms with Gasteiger partial charge in [-0.2, -0.15) is 0 Å². The van der Waals surface area contributed by atoms with Gasteiger partial charge in [-0.25, -0.2) is 4.98 Å². The highest BCUT2D eigenvalue weighted by atomic mass is 35.5. The lowest BCUT2D eigenvalue weighted by Crippen LogP contribution is -2.07. The zero-order valence-corrected chi connectivity index (χ0v) is 12.3. The summed E-state index contributed by atoms with van der Waals surface area (Å²) in [7, 11) is 0. The summed E-state index contributed by atoms with van der Waals surface area (Å²) in [5.41, 5.74) is 6.84. The third kappa shape index (κ3) is 2.71. The molecule has 3 aromatic rings. The fourth-order valence-electron chi connectivity index (χ4n) is 2.26. The van der Waals surface area contributed by atoms with Gasteiger partial charge in [-0.3, -0.25) is 0 Å². The summed E-state index contributed by atoms with van der Waals surface area (Å²) < 4.78 is 5.99. The SMILES string of the molecule is C[C@@H](N)c1cccnc1Oc1ccc(Cl)c2ccccc12. The Morgan fingerprint density at radius 3 is 2.57 bits per heavy atom. The molecule has 21 heavy (non-hydrogen) atoms. The van der Waals surface area contributed by atoms with E-state index < -0.39 is 0 Å². The number of nitrogens with zero attached hydrogens (tertiary/aromatic N) is 1. The molecular weight excluding hydrogens is 284 g/mol. The van der Waals surface area contributed by atoms with Crippen molar-refractivity contribution in [1.82, 2.24) is 4.98 Å². The van der Waals surface area contributed by atoms with Crippen LogP contribution in [0.25, 0.3) is 10.8 Å². The van der Waals surface area contributed by atoms with Crippen LogP contribution in [0.5, 0.6) is 11.6 Å². The highest BCUT2D eigenvalue weighted by molar-refractivity contribution is 6.35. The summed E-state index contributed by atoms with van der Waals surface area (Å²) in [5, 5.41) is 2.60. The Balaban J connectivity index is 2.09. The number of nitrogens with two attached hydrogens (primary N) is 1. The van der Waals surface area contributed by atoms with Gasteiger partial charge < -0.3 is 10.5 Å². The van der Waals surface area contributed by atoms with Crippen molar-refractivity contribution >= 4 is 22.4 Å². The minimum atomic E-state index is -0.146. The van der Waals surface area contributed by atoms with Crippen LogP contribution in [0.2, 0.25) is 5.02 Å². The maximum atomic E-state index is 6.22. The largest absolute Gasteiger partial charge is 0.438 e. The second-order valence-electron chi connectivity index (χ2n) is 4.88. The molecule has 0 amide bonds. The third-order valence-corrected chi connectivity index (χ3v) is 3.66. The van der Waals surface area contributed by atoms with Crippen molar-refractivity contribution in [1.29, 1.82) is 0 Å². The van der Waals surface area contributed by atoms with Crippen molar-refractivity contribution in [3.63, 3.8) is 0 Å². The molecule has 0 saturated carbocycles. The first-order valence-corrected chi connectivity index (χ1v) is 7.10. The Kier molecular flexibility index (Phi) is 3.78. The summed E-state index contributed by atoms with van der Waals surface area (Å²) >= 11 is 6.22. The van der Waals surface area contributed by atoms with Crippen molar-refractivity contribution < 1.29 is 4.74 Å². The minimum Gasteiger partial charge on any atom is -0.438 e. The van der Waals surface area contributed by atoms with Gasteiger partial charge in [0, 0.05) is 33.6 Å². The van der Waals surface area contributed by atoms with Gasteiger partial charge in [-0.1, -0.05) is 41.9 Å². The Bertz CT molecular complexity index is 787. The van der Waals surface area contributed by atoms with Crippen molar-refractivity contribution in [2.24, 2.45) is 5.73 Å².